The Balaban J connectivity index is 1.26. The Morgan fingerprint density at radius 1 is 1.03 bits per heavy atom. The molecule has 1 amide bonds. The summed E-state index contributed by atoms with van der Waals surface area (Å²) in [7, 11) is 0. The number of nitrogens with zero attached hydrogens (tertiary/aromatic N) is 1. The second-order valence-electron chi connectivity index (χ2n) is 7.61. The molecule has 1 N–H and O–H groups in total. The van der Waals surface area contributed by atoms with Crippen LogP contribution in [0.1, 0.15) is 28.9 Å². The van der Waals surface area contributed by atoms with Crippen LogP contribution in [0.4, 0.5) is 0 Å². The van der Waals surface area contributed by atoms with Crippen molar-refractivity contribution >= 4 is 16.8 Å². The lowest BCUT2D eigenvalue weighted by molar-refractivity contribution is -0.181. The maximum absolute atomic E-state index is 13.0. The Bertz CT molecular complexity index is 998. The highest BCUT2D eigenvalue weighted by Gasteiger charge is 2.41. The Morgan fingerprint density at radius 2 is 1.79 bits per heavy atom. The normalized spacial score (nSPS) is 18.4. The standard InChI is InChI=1S/C23H24N2O4/c26-22(25-10-8-23(9-11-25)28-12-13-29-23)21-14-18-6-7-19(15-20(18)24-21)27-16-17-4-2-1-3-5-17/h1-7,14-15,24H,8-13,16H2. The molecule has 6 heteroatoms. The lowest BCUT2D eigenvalue weighted by Crippen LogP contribution is -2.47. The summed E-state index contributed by atoms with van der Waals surface area (Å²) >= 11 is 0. The molecule has 2 aliphatic rings. The fraction of sp³-hybridized carbons (Fsp3) is 0.348. The van der Waals surface area contributed by atoms with Crippen LogP contribution in [0.2, 0.25) is 0 Å². The molecule has 0 aliphatic carbocycles. The maximum atomic E-state index is 13.0. The summed E-state index contributed by atoms with van der Waals surface area (Å²) < 4.78 is 17.4. The van der Waals surface area contributed by atoms with Crippen LogP contribution in [0.3, 0.4) is 0 Å². The number of carbonyl (C=O) groups is 1. The molecule has 6 nitrogen and oxygen atoms in total. The largest absolute Gasteiger partial charge is 0.489 e. The number of fused-ring (bicyclic) bond motifs is 1. The summed E-state index contributed by atoms with van der Waals surface area (Å²) in [5.41, 5.74) is 2.62. The van der Waals surface area contributed by atoms with E-state index in [-0.39, 0.29) is 5.91 Å². The van der Waals surface area contributed by atoms with Crippen LogP contribution in [0.5, 0.6) is 5.75 Å². The van der Waals surface area contributed by atoms with E-state index in [1.807, 2.05) is 59.5 Å². The van der Waals surface area contributed by atoms with Gasteiger partial charge >= 0.3 is 0 Å². The third-order valence-electron chi connectivity index (χ3n) is 5.70. The second-order valence-corrected chi connectivity index (χ2v) is 7.61. The van der Waals surface area contributed by atoms with Crippen LogP contribution in [0, 0.1) is 0 Å². The van der Waals surface area contributed by atoms with E-state index in [1.165, 1.54) is 0 Å². The molecule has 2 aromatic carbocycles. The first-order valence-electron chi connectivity index (χ1n) is 10.1. The molecule has 2 aliphatic heterocycles. The van der Waals surface area contributed by atoms with Gasteiger partial charge in [-0.25, -0.2) is 0 Å². The SMILES string of the molecule is O=C(c1cc2ccc(OCc3ccccc3)cc2[nH]1)N1CCC2(CC1)OCCO2. The second kappa shape index (κ2) is 7.54. The van der Waals surface area contributed by atoms with Crippen molar-refractivity contribution in [3.63, 3.8) is 0 Å². The highest BCUT2D eigenvalue weighted by molar-refractivity contribution is 5.98. The fourth-order valence-electron chi connectivity index (χ4n) is 4.06. The Morgan fingerprint density at radius 3 is 2.55 bits per heavy atom. The summed E-state index contributed by atoms with van der Waals surface area (Å²) in [6.45, 7) is 3.08. The number of benzene rings is 2. The number of carbonyl (C=O) groups excluding carboxylic acids is 1. The predicted molar refractivity (Wildman–Crippen MR) is 109 cm³/mol. The molecule has 3 heterocycles. The average Bonchev–Trinajstić information content (AvgIpc) is 3.40. The Kier molecular flexibility index (Phi) is 4.73. The third-order valence-corrected chi connectivity index (χ3v) is 5.70. The van der Waals surface area contributed by atoms with E-state index in [0.717, 1.165) is 35.1 Å². The molecule has 0 saturated carbocycles. The number of likely N-dealkylation sites (tertiary alicyclic amines) is 1. The minimum atomic E-state index is -0.470. The highest BCUT2D eigenvalue weighted by atomic mass is 16.7. The molecule has 0 bridgehead atoms. The van der Waals surface area contributed by atoms with Crippen molar-refractivity contribution in [3.05, 3.63) is 65.9 Å². The molecule has 5 rings (SSSR count). The van der Waals surface area contributed by atoms with E-state index in [1.54, 1.807) is 0 Å². The zero-order valence-electron chi connectivity index (χ0n) is 16.2. The topological polar surface area (TPSA) is 63.8 Å². The molecule has 0 unspecified atom stereocenters. The maximum Gasteiger partial charge on any atom is 0.270 e. The first kappa shape index (κ1) is 18.2. The van der Waals surface area contributed by atoms with E-state index in [4.69, 9.17) is 14.2 Å². The van der Waals surface area contributed by atoms with Crippen molar-refractivity contribution in [1.82, 2.24) is 9.88 Å². The highest BCUT2D eigenvalue weighted by Crippen LogP contribution is 2.32. The van der Waals surface area contributed by atoms with Gasteiger partial charge in [-0.3, -0.25) is 4.79 Å². The van der Waals surface area contributed by atoms with E-state index in [9.17, 15) is 4.79 Å². The molecular formula is C23H24N2O4. The van der Waals surface area contributed by atoms with Crippen molar-refractivity contribution in [1.29, 1.82) is 0 Å². The van der Waals surface area contributed by atoms with Gasteiger partial charge in [-0.1, -0.05) is 30.3 Å². The molecule has 1 spiro atoms. The molecule has 0 atom stereocenters. The smallest absolute Gasteiger partial charge is 0.270 e. The minimum Gasteiger partial charge on any atom is -0.489 e. The summed E-state index contributed by atoms with van der Waals surface area (Å²) in [4.78, 5) is 18.1. The summed E-state index contributed by atoms with van der Waals surface area (Å²) in [6.07, 6.45) is 1.44. The van der Waals surface area contributed by atoms with Crippen molar-refractivity contribution in [3.8, 4) is 5.75 Å². The van der Waals surface area contributed by atoms with Crippen LogP contribution >= 0.6 is 0 Å². The first-order valence-corrected chi connectivity index (χ1v) is 10.1. The number of piperidine rings is 1. The minimum absolute atomic E-state index is 0.0146. The Labute approximate surface area is 169 Å². The molecule has 2 fully saturated rings. The molecule has 1 aromatic heterocycles. The zero-order valence-corrected chi connectivity index (χ0v) is 16.2. The van der Waals surface area contributed by atoms with Gasteiger partial charge < -0.3 is 24.1 Å². The van der Waals surface area contributed by atoms with Gasteiger partial charge in [-0.05, 0) is 23.8 Å². The van der Waals surface area contributed by atoms with Crippen molar-refractivity contribution in [2.45, 2.75) is 25.2 Å². The van der Waals surface area contributed by atoms with Crippen LogP contribution in [0.15, 0.2) is 54.6 Å². The predicted octanol–water partition coefficient (Wildman–Crippen LogP) is 3.73. The first-order chi connectivity index (χ1) is 14.2. The van der Waals surface area contributed by atoms with Gasteiger partial charge in [0.05, 0.1) is 13.2 Å². The van der Waals surface area contributed by atoms with Gasteiger partial charge in [0.15, 0.2) is 5.79 Å². The fourth-order valence-corrected chi connectivity index (χ4v) is 4.06. The Hall–Kier alpha value is -2.83. The number of hydrogen-bond acceptors (Lipinski definition) is 4. The number of H-pyrrole nitrogens is 1. The number of aromatic amines is 1. The van der Waals surface area contributed by atoms with E-state index < -0.39 is 5.79 Å². The summed E-state index contributed by atoms with van der Waals surface area (Å²) in [5, 5.41) is 0.997. The van der Waals surface area contributed by atoms with Gasteiger partial charge in [-0.2, -0.15) is 0 Å². The number of hydrogen-bond donors (Lipinski definition) is 1. The molecule has 3 aromatic rings. The molecule has 29 heavy (non-hydrogen) atoms. The van der Waals surface area contributed by atoms with Gasteiger partial charge in [0.1, 0.15) is 18.1 Å². The van der Waals surface area contributed by atoms with Crippen LogP contribution in [-0.4, -0.2) is 47.9 Å². The van der Waals surface area contributed by atoms with Gasteiger partial charge in [0.2, 0.25) is 0 Å². The quantitative estimate of drug-likeness (QED) is 0.735. The van der Waals surface area contributed by atoms with Crippen LogP contribution in [0.25, 0.3) is 10.9 Å². The monoisotopic (exact) mass is 392 g/mol. The van der Waals surface area contributed by atoms with E-state index in [2.05, 4.69) is 4.98 Å². The number of rotatable bonds is 4. The molecular weight excluding hydrogens is 368 g/mol. The average molecular weight is 392 g/mol. The van der Waals surface area contributed by atoms with Crippen LogP contribution in [-0.2, 0) is 16.1 Å². The molecule has 2 saturated heterocycles. The third kappa shape index (κ3) is 3.73. The summed E-state index contributed by atoms with van der Waals surface area (Å²) in [6, 6.07) is 17.8. The van der Waals surface area contributed by atoms with Crippen LogP contribution < -0.4 is 4.74 Å². The molecule has 0 radical (unpaired) electrons. The molecule has 150 valence electrons. The van der Waals surface area contributed by atoms with Crippen molar-refractivity contribution in [2.24, 2.45) is 0 Å². The van der Waals surface area contributed by atoms with Crippen molar-refractivity contribution in [2.75, 3.05) is 26.3 Å². The van der Waals surface area contributed by atoms with Gasteiger partial charge in [-0.15, -0.1) is 0 Å². The number of amides is 1. The lowest BCUT2D eigenvalue weighted by Gasteiger charge is -2.37. The number of ether oxygens (including phenoxy) is 3. The van der Waals surface area contributed by atoms with Gasteiger partial charge in [0, 0.05) is 42.9 Å². The lowest BCUT2D eigenvalue weighted by atomic mass is 10.0. The van der Waals surface area contributed by atoms with Gasteiger partial charge in [0.25, 0.3) is 5.91 Å². The van der Waals surface area contributed by atoms with Crippen molar-refractivity contribution < 1.29 is 19.0 Å². The number of nitrogens with one attached hydrogen (secondary N) is 1. The van der Waals surface area contributed by atoms with E-state index in [0.29, 0.717) is 38.6 Å². The zero-order chi connectivity index (χ0) is 19.7. The summed E-state index contributed by atoms with van der Waals surface area (Å²) in [5.74, 6) is 0.320. The number of aromatic nitrogens is 1. The van der Waals surface area contributed by atoms with E-state index >= 15 is 0 Å².